The fourth-order valence-corrected chi connectivity index (χ4v) is 3.29. The number of rotatable bonds is 6. The molecular formula is C19H20Cl2N2O4. The van der Waals surface area contributed by atoms with Gasteiger partial charge in [0.15, 0.2) is 0 Å². The molecule has 6 nitrogen and oxygen atoms in total. The number of esters is 1. The van der Waals surface area contributed by atoms with Gasteiger partial charge in [-0.05, 0) is 43.1 Å². The van der Waals surface area contributed by atoms with Gasteiger partial charge >= 0.3 is 5.97 Å². The van der Waals surface area contributed by atoms with Crippen LogP contribution in [0.1, 0.15) is 34.3 Å². The van der Waals surface area contributed by atoms with Crippen molar-refractivity contribution in [3.63, 3.8) is 0 Å². The molecule has 0 spiro atoms. The van der Waals surface area contributed by atoms with Crippen LogP contribution >= 0.6 is 24.0 Å². The Bertz CT molecular complexity index is 823. The van der Waals surface area contributed by atoms with Gasteiger partial charge in [-0.2, -0.15) is 0 Å². The van der Waals surface area contributed by atoms with E-state index in [2.05, 4.69) is 4.90 Å². The van der Waals surface area contributed by atoms with Gasteiger partial charge in [0.25, 0.3) is 5.69 Å². The number of hydrogen-bond donors (Lipinski definition) is 0. The van der Waals surface area contributed by atoms with Gasteiger partial charge in [-0.15, -0.1) is 12.4 Å². The molecule has 1 aliphatic rings. The number of nitrogens with zero attached hydrogens (tertiary/aromatic N) is 2. The standard InChI is InChI=1S/C19H19ClN2O4.ClH/c20-18-11-16(22(24)25)7-8-17(18)19(23)26-13-15-6-2-1-5-14(15)12-21-9-3-4-10-21;/h1-2,5-8,11H,3-4,9-10,12-13H2;1H. The Balaban J connectivity index is 0.00000261. The highest BCUT2D eigenvalue weighted by Crippen LogP contribution is 2.24. The summed E-state index contributed by atoms with van der Waals surface area (Å²) in [5, 5.41) is 10.8. The van der Waals surface area contributed by atoms with Gasteiger partial charge in [0.1, 0.15) is 6.61 Å². The van der Waals surface area contributed by atoms with E-state index in [1.807, 2.05) is 24.3 Å². The van der Waals surface area contributed by atoms with E-state index in [0.29, 0.717) is 0 Å². The monoisotopic (exact) mass is 410 g/mol. The zero-order valence-electron chi connectivity index (χ0n) is 14.6. The lowest BCUT2D eigenvalue weighted by molar-refractivity contribution is -0.384. The maximum Gasteiger partial charge on any atom is 0.339 e. The summed E-state index contributed by atoms with van der Waals surface area (Å²) in [5.74, 6) is -0.596. The van der Waals surface area contributed by atoms with Gasteiger partial charge in [-0.1, -0.05) is 35.9 Å². The van der Waals surface area contributed by atoms with E-state index in [4.69, 9.17) is 16.3 Å². The summed E-state index contributed by atoms with van der Waals surface area (Å²) in [4.78, 5) is 24.9. The van der Waals surface area contributed by atoms with Gasteiger partial charge < -0.3 is 4.74 Å². The normalized spacial score (nSPS) is 13.8. The van der Waals surface area contributed by atoms with Crippen molar-refractivity contribution in [2.45, 2.75) is 26.0 Å². The molecule has 0 unspecified atom stereocenters. The van der Waals surface area contributed by atoms with Crippen LogP contribution in [-0.2, 0) is 17.9 Å². The Kier molecular flexibility index (Phi) is 7.59. The third kappa shape index (κ3) is 5.42. The fraction of sp³-hybridized carbons (Fsp3) is 0.316. The predicted molar refractivity (Wildman–Crippen MR) is 105 cm³/mol. The minimum atomic E-state index is -0.596. The van der Waals surface area contributed by atoms with E-state index >= 15 is 0 Å². The summed E-state index contributed by atoms with van der Waals surface area (Å²) in [6, 6.07) is 11.6. The zero-order valence-corrected chi connectivity index (χ0v) is 16.2. The molecule has 1 saturated heterocycles. The van der Waals surface area contributed by atoms with Crippen molar-refractivity contribution < 1.29 is 14.5 Å². The van der Waals surface area contributed by atoms with Crippen LogP contribution in [0.2, 0.25) is 5.02 Å². The molecule has 2 aromatic rings. The van der Waals surface area contributed by atoms with Gasteiger partial charge in [0, 0.05) is 18.7 Å². The fourth-order valence-electron chi connectivity index (χ4n) is 3.04. The number of halogens is 2. The van der Waals surface area contributed by atoms with Crippen LogP contribution in [0, 0.1) is 10.1 Å². The second-order valence-electron chi connectivity index (χ2n) is 6.25. The topological polar surface area (TPSA) is 72.7 Å². The highest BCUT2D eigenvalue weighted by molar-refractivity contribution is 6.33. The molecule has 3 rings (SSSR count). The first-order valence-electron chi connectivity index (χ1n) is 8.45. The number of nitro benzene ring substituents is 1. The second-order valence-corrected chi connectivity index (χ2v) is 6.66. The molecule has 0 radical (unpaired) electrons. The van der Waals surface area contributed by atoms with Crippen LogP contribution in [0.15, 0.2) is 42.5 Å². The van der Waals surface area contributed by atoms with E-state index in [1.54, 1.807) is 0 Å². The van der Waals surface area contributed by atoms with Crippen molar-refractivity contribution in [3.8, 4) is 0 Å². The van der Waals surface area contributed by atoms with Crippen molar-refractivity contribution in [1.82, 2.24) is 4.90 Å². The van der Waals surface area contributed by atoms with E-state index in [0.717, 1.165) is 36.8 Å². The average Bonchev–Trinajstić information content (AvgIpc) is 3.13. The predicted octanol–water partition coefficient (Wildman–Crippen LogP) is 4.62. The first-order valence-corrected chi connectivity index (χ1v) is 8.82. The average molecular weight is 411 g/mol. The molecule has 0 aromatic heterocycles. The third-order valence-electron chi connectivity index (χ3n) is 4.45. The van der Waals surface area contributed by atoms with Crippen molar-refractivity contribution in [1.29, 1.82) is 0 Å². The van der Waals surface area contributed by atoms with E-state index in [9.17, 15) is 14.9 Å². The molecular weight excluding hydrogens is 391 g/mol. The lowest BCUT2D eigenvalue weighted by Crippen LogP contribution is -2.19. The van der Waals surface area contributed by atoms with Crippen LogP contribution in [-0.4, -0.2) is 28.9 Å². The van der Waals surface area contributed by atoms with Crippen molar-refractivity contribution >= 4 is 35.7 Å². The number of ether oxygens (including phenoxy) is 1. The number of hydrogen-bond acceptors (Lipinski definition) is 5. The highest BCUT2D eigenvalue weighted by Gasteiger charge is 2.18. The van der Waals surface area contributed by atoms with Crippen molar-refractivity contribution in [3.05, 3.63) is 74.3 Å². The Morgan fingerprint density at radius 2 is 1.81 bits per heavy atom. The molecule has 2 aromatic carbocycles. The summed E-state index contributed by atoms with van der Waals surface area (Å²) in [6.07, 6.45) is 2.44. The van der Waals surface area contributed by atoms with Crippen molar-refractivity contribution in [2.75, 3.05) is 13.1 Å². The smallest absolute Gasteiger partial charge is 0.339 e. The summed E-state index contributed by atoms with van der Waals surface area (Å²) in [6.45, 7) is 3.15. The van der Waals surface area contributed by atoms with Crippen LogP contribution in [0.5, 0.6) is 0 Å². The molecule has 0 amide bonds. The number of non-ortho nitro benzene ring substituents is 1. The lowest BCUT2D eigenvalue weighted by atomic mass is 10.1. The van der Waals surface area contributed by atoms with Crippen LogP contribution in [0.25, 0.3) is 0 Å². The maximum atomic E-state index is 12.3. The summed E-state index contributed by atoms with van der Waals surface area (Å²) >= 11 is 5.98. The van der Waals surface area contributed by atoms with E-state index in [-0.39, 0.29) is 35.3 Å². The first-order chi connectivity index (χ1) is 12.5. The van der Waals surface area contributed by atoms with Crippen LogP contribution < -0.4 is 0 Å². The number of benzene rings is 2. The second kappa shape index (κ2) is 9.69. The van der Waals surface area contributed by atoms with Gasteiger partial charge in [0.05, 0.1) is 15.5 Å². The van der Waals surface area contributed by atoms with Gasteiger partial charge in [-0.3, -0.25) is 15.0 Å². The lowest BCUT2D eigenvalue weighted by Gasteiger charge is -2.17. The molecule has 1 fully saturated rings. The molecule has 1 aliphatic heterocycles. The van der Waals surface area contributed by atoms with Crippen LogP contribution in [0.4, 0.5) is 5.69 Å². The highest BCUT2D eigenvalue weighted by atomic mass is 35.5. The number of carbonyl (C=O) groups excluding carboxylic acids is 1. The van der Waals surface area contributed by atoms with Gasteiger partial charge in [0.2, 0.25) is 0 Å². The molecule has 27 heavy (non-hydrogen) atoms. The Morgan fingerprint density at radius 1 is 1.15 bits per heavy atom. The summed E-state index contributed by atoms with van der Waals surface area (Å²) in [5.41, 5.74) is 2.04. The van der Waals surface area contributed by atoms with Gasteiger partial charge in [-0.25, -0.2) is 4.79 Å². The molecule has 1 heterocycles. The zero-order chi connectivity index (χ0) is 18.5. The Hall–Kier alpha value is -2.15. The molecule has 0 N–H and O–H groups in total. The van der Waals surface area contributed by atoms with Crippen molar-refractivity contribution in [2.24, 2.45) is 0 Å². The maximum absolute atomic E-state index is 12.3. The SMILES string of the molecule is Cl.O=C(OCc1ccccc1CN1CCCC1)c1ccc([N+](=O)[O-])cc1Cl. The molecule has 0 bridgehead atoms. The number of nitro groups is 1. The molecule has 0 saturated carbocycles. The summed E-state index contributed by atoms with van der Waals surface area (Å²) in [7, 11) is 0. The Morgan fingerprint density at radius 3 is 2.44 bits per heavy atom. The number of carbonyl (C=O) groups is 1. The minimum absolute atomic E-state index is 0. The number of likely N-dealkylation sites (tertiary alicyclic amines) is 1. The molecule has 144 valence electrons. The van der Waals surface area contributed by atoms with Crippen LogP contribution in [0.3, 0.4) is 0 Å². The van der Waals surface area contributed by atoms with E-state index in [1.165, 1.54) is 25.0 Å². The quantitative estimate of drug-likeness (QED) is 0.394. The van der Waals surface area contributed by atoms with E-state index < -0.39 is 10.9 Å². The molecule has 0 aliphatic carbocycles. The minimum Gasteiger partial charge on any atom is -0.457 e. The first kappa shape index (κ1) is 21.2. The summed E-state index contributed by atoms with van der Waals surface area (Å²) < 4.78 is 5.39. The Labute approximate surface area is 168 Å². The molecule has 0 atom stereocenters. The molecule has 8 heteroatoms. The largest absolute Gasteiger partial charge is 0.457 e. The third-order valence-corrected chi connectivity index (χ3v) is 4.77.